The van der Waals surface area contributed by atoms with Gasteiger partial charge in [-0.25, -0.2) is 9.59 Å². The molecule has 0 aromatic rings. The molecule has 26 heteroatoms. The number of hydrogen-bond donors (Lipinski definition) is 7. The van der Waals surface area contributed by atoms with E-state index in [0.29, 0.717) is 17.6 Å². The average Bonchev–Trinajstić information content (AvgIpc) is 1.70. The maximum absolute atomic E-state index is 15.7. The Morgan fingerprint density at radius 1 is 0.688 bits per heavy atom. The number of Topliss-reactive ketones (excluding diaryl/α,β-unsaturated/α-hetero) is 1. The minimum Gasteiger partial charge on any atom is -0.511 e. The van der Waals surface area contributed by atoms with Crippen molar-refractivity contribution in [3.63, 3.8) is 0 Å². The zero-order chi connectivity index (χ0) is 67.7. The molecule has 1 spiro atoms. The number of fused-ring (bicyclic) bond motifs is 4. The van der Waals surface area contributed by atoms with Crippen LogP contribution in [-0.2, 0) is 71.2 Å². The summed E-state index contributed by atoms with van der Waals surface area (Å²) in [6, 6.07) is -1.09. The van der Waals surface area contributed by atoms with E-state index in [0.717, 1.165) is 12.7 Å². The van der Waals surface area contributed by atoms with Crippen LogP contribution in [0.2, 0.25) is 0 Å². The van der Waals surface area contributed by atoms with Gasteiger partial charge in [-0.05, 0) is 96.1 Å². The molecule has 10 rings (SSSR count). The number of carbonyl (C=O) groups excluding carboxylic acids is 3. The fraction of sp³-hybridized carbons (Fsp3) is 0.806. The van der Waals surface area contributed by atoms with Crippen LogP contribution in [0.5, 0.6) is 0 Å². The molecule has 10 aliphatic rings. The number of nitrogens with zero attached hydrogens (tertiary/aromatic N) is 1. The number of hydrogen-bond acceptors (Lipinski definition) is 24. The van der Waals surface area contributed by atoms with E-state index in [-0.39, 0.29) is 63.4 Å². The van der Waals surface area contributed by atoms with Gasteiger partial charge in [-0.15, -0.1) is 0 Å². The van der Waals surface area contributed by atoms with Crippen LogP contribution in [0.25, 0.3) is 0 Å². The summed E-state index contributed by atoms with van der Waals surface area (Å²) in [6.45, 7) is 21.2. The molecule has 6 aliphatic heterocycles. The van der Waals surface area contributed by atoms with E-state index in [4.69, 9.17) is 61.6 Å². The second-order valence-electron chi connectivity index (χ2n) is 28.6. The van der Waals surface area contributed by atoms with E-state index in [1.165, 1.54) is 14.0 Å². The maximum atomic E-state index is 15.7. The summed E-state index contributed by atoms with van der Waals surface area (Å²) in [5.41, 5.74) is -3.49. The Hall–Kier alpha value is -4.33. The summed E-state index contributed by atoms with van der Waals surface area (Å²) < 4.78 is 82.0. The number of alkyl carbamates (subject to hydrolysis) is 1. The predicted molar refractivity (Wildman–Crippen MR) is 327 cm³/mol. The third kappa shape index (κ3) is 13.7. The lowest BCUT2D eigenvalue weighted by Gasteiger charge is -2.56. The largest absolute Gasteiger partial charge is 0.511 e. The van der Waals surface area contributed by atoms with Crippen LogP contribution < -0.4 is 5.32 Å². The van der Waals surface area contributed by atoms with Crippen LogP contribution in [0.4, 0.5) is 4.79 Å². The van der Waals surface area contributed by atoms with Crippen molar-refractivity contribution in [2.75, 3.05) is 20.8 Å². The zero-order valence-electron chi connectivity index (χ0n) is 55.9. The number of nitro groups is 1. The highest BCUT2D eigenvalue weighted by atomic mass is 16.8. The van der Waals surface area contributed by atoms with Crippen molar-refractivity contribution >= 4 is 17.8 Å². The van der Waals surface area contributed by atoms with Gasteiger partial charge in [0.2, 0.25) is 11.3 Å². The number of aliphatic hydroxyl groups excluding tert-OH is 6. The summed E-state index contributed by atoms with van der Waals surface area (Å²) in [6.07, 6.45) is -8.05. The number of rotatable bonds is 14. The van der Waals surface area contributed by atoms with Gasteiger partial charge in [0.05, 0.1) is 87.3 Å². The zero-order valence-corrected chi connectivity index (χ0v) is 55.9. The normalized spacial score (nSPS) is 49.9. The van der Waals surface area contributed by atoms with Gasteiger partial charge in [-0.1, -0.05) is 63.6 Å². The van der Waals surface area contributed by atoms with Crippen molar-refractivity contribution < 1.29 is 112 Å². The highest BCUT2D eigenvalue weighted by molar-refractivity contribution is 6.26. The molecule has 0 radical (unpaired) electrons. The molecule has 6 heterocycles. The number of carbonyl (C=O) groups is 3. The summed E-state index contributed by atoms with van der Waals surface area (Å²) >= 11 is 0. The third-order valence-electron chi connectivity index (χ3n) is 22.3. The number of esters is 1. The predicted octanol–water partition coefficient (Wildman–Crippen LogP) is 5.45. The number of aliphatic hydroxyl groups is 6. The quantitative estimate of drug-likeness (QED) is 0.0373. The number of methoxy groups -OCH3 is 2. The Bertz CT molecular complexity index is 2880. The second kappa shape index (κ2) is 28.3. The number of ether oxygens (including phenoxy) is 13. The molecule has 1 amide bonds. The van der Waals surface area contributed by atoms with Crippen LogP contribution >= 0.6 is 0 Å². The summed E-state index contributed by atoms with van der Waals surface area (Å²) in [7, 11) is 2.66. The van der Waals surface area contributed by atoms with Crippen molar-refractivity contribution in [2.24, 2.45) is 46.8 Å². The van der Waals surface area contributed by atoms with Crippen LogP contribution in [-0.4, -0.2) is 214 Å². The SMILES string of the molecule is COC(=O)N[C@H]1[C@@H](C)O[C@@H](O[C@H]2C/C=C(\C)[C@@H]3C=C[C@@H]4[C@@H](O[C@H]5C[C@@H](O[C@H]6C[C@@H](O[C@H]7C[C@@H](O)[C@@H](O)[C@H](C)O7)[C@@H](OC7C[C@@H](O)[C@@H](OC)[C@H](C)O7)[C@H](C)O6)[C@@H](O)[C@H](C)O5)[C@@H](C)C[C@H](C)[C@H]4[C@]3(C)/C(O)=C3\C(=O)O[C@]4(C[C@@H](C)C(CO)=C[C@H]4/C=C/2C)C3=O)C[C@]1(C)[N+](=O)[O-]. The maximum Gasteiger partial charge on any atom is 0.407 e. The van der Waals surface area contributed by atoms with Crippen LogP contribution in [0, 0.1) is 57.0 Å². The van der Waals surface area contributed by atoms with Crippen LogP contribution in [0.3, 0.4) is 0 Å². The van der Waals surface area contributed by atoms with Gasteiger partial charge in [0, 0.05) is 74.2 Å². The van der Waals surface area contributed by atoms with Crippen molar-refractivity contribution in [1.29, 1.82) is 0 Å². The number of nitrogens with one attached hydrogen (secondary N) is 1. The molecule has 1 unspecified atom stereocenters. The molecule has 2 bridgehead atoms. The first-order valence-electron chi connectivity index (χ1n) is 33.2. The number of ketones is 1. The molecule has 0 aromatic heterocycles. The lowest BCUT2D eigenvalue weighted by atomic mass is 9.49. The lowest BCUT2D eigenvalue weighted by molar-refractivity contribution is -0.584. The lowest BCUT2D eigenvalue weighted by Crippen LogP contribution is -2.65. The molecule has 93 heavy (non-hydrogen) atoms. The second-order valence-corrected chi connectivity index (χ2v) is 28.6. The summed E-state index contributed by atoms with van der Waals surface area (Å²) in [5.74, 6) is -5.33. The monoisotopic (exact) mass is 1320 g/mol. The average molecular weight is 1320 g/mol. The molecule has 6 saturated heterocycles. The van der Waals surface area contributed by atoms with Gasteiger partial charge in [0.25, 0.3) is 0 Å². The van der Waals surface area contributed by atoms with E-state index in [9.17, 15) is 50.3 Å². The molecule has 26 nitrogen and oxygen atoms in total. The van der Waals surface area contributed by atoms with E-state index in [1.807, 2.05) is 32.9 Å². The Labute approximate surface area is 543 Å². The van der Waals surface area contributed by atoms with Crippen molar-refractivity contribution in [3.8, 4) is 0 Å². The first kappa shape index (κ1) is 71.4. The van der Waals surface area contributed by atoms with Gasteiger partial charge in [-0.2, -0.15) is 0 Å². The molecular formula is C67H100N2O24. The Morgan fingerprint density at radius 3 is 1.92 bits per heavy atom. The van der Waals surface area contributed by atoms with Gasteiger partial charge < -0.3 is 97.5 Å². The molecule has 7 fully saturated rings. The van der Waals surface area contributed by atoms with E-state index >= 15 is 4.79 Å². The third-order valence-corrected chi connectivity index (χ3v) is 22.3. The first-order valence-corrected chi connectivity index (χ1v) is 33.2. The fourth-order valence-electron chi connectivity index (χ4n) is 17.2. The Morgan fingerprint density at radius 2 is 1.28 bits per heavy atom. The van der Waals surface area contributed by atoms with Gasteiger partial charge in [0.1, 0.15) is 41.8 Å². The van der Waals surface area contributed by atoms with Crippen molar-refractivity contribution in [3.05, 3.63) is 68.5 Å². The van der Waals surface area contributed by atoms with Crippen LogP contribution in [0.1, 0.15) is 134 Å². The minimum absolute atomic E-state index is 0.00999. The van der Waals surface area contributed by atoms with E-state index < -0.39 is 209 Å². The Balaban J connectivity index is 0.943. The molecule has 31 atom stereocenters. The van der Waals surface area contributed by atoms with Crippen molar-refractivity contribution in [1.82, 2.24) is 5.32 Å². The molecular weight excluding hydrogens is 1220 g/mol. The van der Waals surface area contributed by atoms with E-state index in [2.05, 4.69) is 25.2 Å². The summed E-state index contributed by atoms with van der Waals surface area (Å²) in [4.78, 5) is 55.4. The van der Waals surface area contributed by atoms with E-state index in [1.54, 1.807) is 53.7 Å². The fourth-order valence-corrected chi connectivity index (χ4v) is 17.2. The van der Waals surface area contributed by atoms with Crippen LogP contribution in [0.15, 0.2) is 58.4 Å². The first-order chi connectivity index (χ1) is 43.9. The minimum atomic E-state index is -1.84. The molecule has 7 N–H and O–H groups in total. The topological polar surface area (TPSA) is 348 Å². The molecule has 4 aliphatic carbocycles. The Kier molecular flexibility index (Phi) is 21.7. The summed E-state index contributed by atoms with van der Waals surface area (Å²) in [5, 5.41) is 83.6. The standard InChI is InChI=1S/C67H100N2O24/c1-29-15-18-45(88-52-27-65(11,69(79)80)60(38(10)87-52)68-64(78)82-14)30(2)20-40-21-39(28-70)33(5)26-67(40)62(76)53(63(77)93-67)61(75)66(12)42(29)17-16-41-54(66)31(3)19-32(4)57(41)91-51-24-46(56(74)35(7)84-51)89-50-25-47(90-48-22-43(71)55(73)34(6)83-48)59(37(9)86-50)92-49-23-44(72)58(81-13)36(8)85-49/h15-17,20-21,31-38,40-52,54-60,70-75H,18-19,22-28H2,1-14H3,(H,68,78)/b29-15+,30-20+,61-53+/t31-,32-,33+,34-,35-,36-,37-,38+,40+,41-,42-,43+,44+,45-,46+,47+,48-,49?,50-,51-,52-,54+,55-,56-,57-,58-,59-,60-,65-,66+,67-/m0/s1. The molecule has 1 saturated carbocycles. The van der Waals surface area contributed by atoms with Gasteiger partial charge in [0.15, 0.2) is 37.1 Å². The number of amides is 1. The smallest absolute Gasteiger partial charge is 0.407 e. The highest BCUT2D eigenvalue weighted by Crippen LogP contribution is 2.61. The number of allylic oxidation sites excluding steroid dienone is 3. The molecule has 522 valence electrons. The molecule has 0 aromatic carbocycles. The van der Waals surface area contributed by atoms with Gasteiger partial charge in [-0.3, -0.25) is 14.9 Å². The highest BCUT2D eigenvalue weighted by Gasteiger charge is 2.64. The van der Waals surface area contributed by atoms with Gasteiger partial charge >= 0.3 is 12.1 Å². The van der Waals surface area contributed by atoms with Crippen molar-refractivity contribution in [2.45, 2.75) is 275 Å².